The molecule has 0 amide bonds. The zero-order valence-electron chi connectivity index (χ0n) is 9.38. The smallest absolute Gasteiger partial charge is 0.333 e. The number of aryl methyl sites for hydroxylation is 2. The SMILES string of the molecule is Cc1nc(C)n(CC2CCOC2C(=O)O)n1. The van der Waals surface area contributed by atoms with E-state index in [0.717, 1.165) is 12.2 Å². The molecule has 6 heteroatoms. The van der Waals surface area contributed by atoms with Gasteiger partial charge in [0.2, 0.25) is 0 Å². The minimum absolute atomic E-state index is 0.0164. The fourth-order valence-corrected chi connectivity index (χ4v) is 2.05. The summed E-state index contributed by atoms with van der Waals surface area (Å²) in [6, 6.07) is 0. The van der Waals surface area contributed by atoms with Gasteiger partial charge in [-0.05, 0) is 20.3 Å². The van der Waals surface area contributed by atoms with Crippen LogP contribution in [0.5, 0.6) is 0 Å². The third kappa shape index (κ3) is 2.06. The number of carboxylic acid groups (broad SMARTS) is 1. The Morgan fingerprint density at radius 2 is 2.38 bits per heavy atom. The number of hydrogen-bond donors (Lipinski definition) is 1. The first-order chi connectivity index (χ1) is 7.58. The number of nitrogens with zero attached hydrogens (tertiary/aromatic N) is 3. The predicted octanol–water partition coefficient (Wildman–Crippen LogP) is 0.385. The van der Waals surface area contributed by atoms with Crippen molar-refractivity contribution < 1.29 is 14.6 Å². The summed E-state index contributed by atoms with van der Waals surface area (Å²) in [7, 11) is 0. The molecule has 6 nitrogen and oxygen atoms in total. The van der Waals surface area contributed by atoms with Crippen LogP contribution in [0.25, 0.3) is 0 Å². The highest BCUT2D eigenvalue weighted by Gasteiger charge is 2.34. The maximum Gasteiger partial charge on any atom is 0.333 e. The molecular weight excluding hydrogens is 210 g/mol. The molecule has 1 fully saturated rings. The molecule has 88 valence electrons. The van der Waals surface area contributed by atoms with Gasteiger partial charge in [0, 0.05) is 19.1 Å². The summed E-state index contributed by atoms with van der Waals surface area (Å²) >= 11 is 0. The first kappa shape index (κ1) is 11.1. The van der Waals surface area contributed by atoms with Crippen molar-refractivity contribution in [2.75, 3.05) is 6.61 Å². The first-order valence-corrected chi connectivity index (χ1v) is 5.30. The zero-order valence-corrected chi connectivity index (χ0v) is 9.38. The molecule has 1 aromatic rings. The van der Waals surface area contributed by atoms with Crippen molar-refractivity contribution in [1.29, 1.82) is 0 Å². The number of rotatable bonds is 3. The van der Waals surface area contributed by atoms with Crippen LogP contribution < -0.4 is 0 Å². The van der Waals surface area contributed by atoms with Gasteiger partial charge in [-0.25, -0.2) is 14.5 Å². The summed E-state index contributed by atoms with van der Waals surface area (Å²) in [5.74, 6) is 0.617. The van der Waals surface area contributed by atoms with Crippen molar-refractivity contribution in [3.63, 3.8) is 0 Å². The first-order valence-electron chi connectivity index (χ1n) is 5.30. The van der Waals surface area contributed by atoms with Gasteiger partial charge in [0.15, 0.2) is 6.10 Å². The van der Waals surface area contributed by atoms with Crippen molar-refractivity contribution in [3.05, 3.63) is 11.6 Å². The fraction of sp³-hybridized carbons (Fsp3) is 0.700. The number of ether oxygens (including phenoxy) is 1. The maximum atomic E-state index is 10.9. The van der Waals surface area contributed by atoms with Crippen molar-refractivity contribution >= 4 is 5.97 Å². The summed E-state index contributed by atoms with van der Waals surface area (Å²) in [4.78, 5) is 15.1. The van der Waals surface area contributed by atoms with Crippen LogP contribution in [0.4, 0.5) is 0 Å². The average molecular weight is 225 g/mol. The lowest BCUT2D eigenvalue weighted by Gasteiger charge is -2.14. The van der Waals surface area contributed by atoms with E-state index < -0.39 is 12.1 Å². The molecule has 0 spiro atoms. The molecule has 1 aromatic heterocycles. The number of aromatic nitrogens is 3. The summed E-state index contributed by atoms with van der Waals surface area (Å²) in [6.45, 7) is 4.76. The van der Waals surface area contributed by atoms with E-state index >= 15 is 0 Å². The van der Waals surface area contributed by atoms with Crippen molar-refractivity contribution in [2.45, 2.75) is 32.9 Å². The second-order valence-electron chi connectivity index (χ2n) is 4.07. The van der Waals surface area contributed by atoms with Gasteiger partial charge < -0.3 is 9.84 Å². The molecule has 0 radical (unpaired) electrons. The molecule has 1 aliphatic heterocycles. The van der Waals surface area contributed by atoms with E-state index in [2.05, 4.69) is 10.1 Å². The van der Waals surface area contributed by atoms with Gasteiger partial charge in [-0.15, -0.1) is 0 Å². The Morgan fingerprint density at radius 3 is 2.94 bits per heavy atom. The molecule has 2 unspecified atom stereocenters. The van der Waals surface area contributed by atoms with E-state index in [0.29, 0.717) is 19.0 Å². The molecule has 1 saturated heterocycles. The van der Waals surface area contributed by atoms with E-state index in [1.54, 1.807) is 4.68 Å². The van der Waals surface area contributed by atoms with E-state index in [1.165, 1.54) is 0 Å². The quantitative estimate of drug-likeness (QED) is 0.804. The van der Waals surface area contributed by atoms with Crippen LogP contribution >= 0.6 is 0 Å². The number of carboxylic acids is 1. The van der Waals surface area contributed by atoms with Crippen LogP contribution in [0.2, 0.25) is 0 Å². The third-order valence-corrected chi connectivity index (χ3v) is 2.83. The Hall–Kier alpha value is -1.43. The number of aliphatic carboxylic acids is 1. The largest absolute Gasteiger partial charge is 0.479 e. The molecule has 0 aromatic carbocycles. The zero-order chi connectivity index (χ0) is 11.7. The van der Waals surface area contributed by atoms with Crippen LogP contribution in [-0.2, 0) is 16.1 Å². The summed E-state index contributed by atoms with van der Waals surface area (Å²) < 4.78 is 6.94. The third-order valence-electron chi connectivity index (χ3n) is 2.83. The van der Waals surface area contributed by atoms with Crippen LogP contribution in [0, 0.1) is 19.8 Å². The Kier molecular flexibility index (Phi) is 2.91. The second-order valence-corrected chi connectivity index (χ2v) is 4.07. The van der Waals surface area contributed by atoms with E-state index in [4.69, 9.17) is 9.84 Å². The average Bonchev–Trinajstić information content (AvgIpc) is 2.75. The molecule has 0 saturated carbocycles. The summed E-state index contributed by atoms with van der Waals surface area (Å²) in [5.41, 5.74) is 0. The van der Waals surface area contributed by atoms with Crippen LogP contribution in [0.1, 0.15) is 18.1 Å². The molecule has 1 N–H and O–H groups in total. The van der Waals surface area contributed by atoms with Gasteiger partial charge in [0.05, 0.1) is 0 Å². The van der Waals surface area contributed by atoms with Gasteiger partial charge in [-0.3, -0.25) is 0 Å². The molecule has 2 rings (SSSR count). The molecule has 0 bridgehead atoms. The lowest BCUT2D eigenvalue weighted by Crippen LogP contribution is -2.29. The highest BCUT2D eigenvalue weighted by atomic mass is 16.5. The predicted molar refractivity (Wildman–Crippen MR) is 55.0 cm³/mol. The van der Waals surface area contributed by atoms with E-state index in [1.807, 2.05) is 13.8 Å². The minimum atomic E-state index is -0.892. The lowest BCUT2D eigenvalue weighted by atomic mass is 10.0. The number of carbonyl (C=O) groups is 1. The van der Waals surface area contributed by atoms with Gasteiger partial charge in [-0.2, -0.15) is 5.10 Å². The van der Waals surface area contributed by atoms with Crippen molar-refractivity contribution in [2.24, 2.45) is 5.92 Å². The fourth-order valence-electron chi connectivity index (χ4n) is 2.05. The van der Waals surface area contributed by atoms with Crippen molar-refractivity contribution in [1.82, 2.24) is 14.8 Å². The highest BCUT2D eigenvalue weighted by molar-refractivity contribution is 5.73. The Morgan fingerprint density at radius 1 is 1.62 bits per heavy atom. The standard InChI is InChI=1S/C10H15N3O3/c1-6-11-7(2)13(12-6)5-8-3-4-16-9(8)10(14)15/h8-9H,3-5H2,1-2H3,(H,14,15). The summed E-state index contributed by atoms with van der Waals surface area (Å²) in [6.07, 6.45) is 0.0545. The van der Waals surface area contributed by atoms with E-state index in [-0.39, 0.29) is 5.92 Å². The topological polar surface area (TPSA) is 77.2 Å². The van der Waals surface area contributed by atoms with Gasteiger partial charge >= 0.3 is 5.97 Å². The second kappa shape index (κ2) is 4.21. The molecule has 1 aliphatic rings. The lowest BCUT2D eigenvalue weighted by molar-refractivity contribution is -0.149. The van der Waals surface area contributed by atoms with Gasteiger partial charge in [-0.1, -0.05) is 0 Å². The Labute approximate surface area is 93.2 Å². The maximum absolute atomic E-state index is 10.9. The molecule has 0 aliphatic carbocycles. The Bertz CT molecular complexity index is 402. The summed E-state index contributed by atoms with van der Waals surface area (Å²) in [5, 5.41) is 13.2. The normalized spacial score (nSPS) is 24.9. The molecule has 2 heterocycles. The molecule has 2 atom stereocenters. The van der Waals surface area contributed by atoms with E-state index in [9.17, 15) is 4.79 Å². The minimum Gasteiger partial charge on any atom is -0.479 e. The van der Waals surface area contributed by atoms with Crippen molar-refractivity contribution in [3.8, 4) is 0 Å². The molecular formula is C10H15N3O3. The van der Waals surface area contributed by atoms with Crippen LogP contribution in [0.3, 0.4) is 0 Å². The van der Waals surface area contributed by atoms with Crippen LogP contribution in [-0.4, -0.2) is 38.6 Å². The van der Waals surface area contributed by atoms with Gasteiger partial charge in [0.1, 0.15) is 11.6 Å². The monoisotopic (exact) mass is 225 g/mol. The Balaban J connectivity index is 2.09. The van der Waals surface area contributed by atoms with Crippen LogP contribution in [0.15, 0.2) is 0 Å². The molecule has 16 heavy (non-hydrogen) atoms. The highest BCUT2D eigenvalue weighted by Crippen LogP contribution is 2.23. The van der Waals surface area contributed by atoms with Gasteiger partial charge in [0.25, 0.3) is 0 Å². The number of hydrogen-bond acceptors (Lipinski definition) is 4.